The Morgan fingerprint density at radius 1 is 0.543 bits per heavy atom. The zero-order valence-corrected chi connectivity index (χ0v) is 29.0. The zero-order chi connectivity index (χ0) is 33.6. The molecule has 0 saturated heterocycles. The molecule has 0 rings (SSSR count). The van der Waals surface area contributed by atoms with Crippen LogP contribution in [-0.4, -0.2) is 34.9 Å². The van der Waals surface area contributed by atoms with Gasteiger partial charge in [-0.15, -0.1) is 0 Å². The lowest BCUT2D eigenvalue weighted by molar-refractivity contribution is -0.123. The van der Waals surface area contributed by atoms with Crippen molar-refractivity contribution in [2.75, 3.05) is 6.61 Å². The Hall–Kier alpha value is -3.21. The third-order valence-corrected chi connectivity index (χ3v) is 6.93. The maximum absolute atomic E-state index is 12.1. The summed E-state index contributed by atoms with van der Waals surface area (Å²) < 4.78 is 0. The largest absolute Gasteiger partial charge is 0.394 e. The molecule has 0 fully saturated rings. The van der Waals surface area contributed by atoms with E-state index in [0.717, 1.165) is 96.3 Å². The molecule has 0 saturated carbocycles. The monoisotopic (exact) mass is 631 g/mol. The summed E-state index contributed by atoms with van der Waals surface area (Å²) in [5, 5.41) is 22.3. The molecule has 0 aromatic carbocycles. The first-order valence-electron chi connectivity index (χ1n) is 17.7. The maximum atomic E-state index is 12.1. The van der Waals surface area contributed by atoms with E-state index in [0.29, 0.717) is 6.42 Å². The molecule has 2 unspecified atom stereocenters. The Labute approximate surface area is 282 Å². The van der Waals surface area contributed by atoms with Crippen molar-refractivity contribution in [2.45, 2.75) is 129 Å². The van der Waals surface area contributed by atoms with Crippen LogP contribution in [0.1, 0.15) is 117 Å². The minimum Gasteiger partial charge on any atom is -0.394 e. The highest BCUT2D eigenvalue weighted by Crippen LogP contribution is 2.06. The van der Waals surface area contributed by atoms with Gasteiger partial charge in [0.15, 0.2) is 0 Å². The van der Waals surface area contributed by atoms with Crippen LogP contribution in [0.25, 0.3) is 0 Å². The molecular formula is C42H65NO3. The number of hydrogen-bond acceptors (Lipinski definition) is 3. The number of hydrogen-bond donors (Lipinski definition) is 3. The Kier molecular flexibility index (Phi) is 33.7. The van der Waals surface area contributed by atoms with Gasteiger partial charge < -0.3 is 15.5 Å². The average Bonchev–Trinajstić information content (AvgIpc) is 3.06. The van der Waals surface area contributed by atoms with Gasteiger partial charge in [-0.25, -0.2) is 0 Å². The van der Waals surface area contributed by atoms with Gasteiger partial charge in [0, 0.05) is 6.42 Å². The Bertz CT molecular complexity index is 990. The molecule has 3 N–H and O–H groups in total. The molecular weight excluding hydrogens is 566 g/mol. The molecule has 0 heterocycles. The Balaban J connectivity index is 3.71. The molecule has 0 aromatic heterocycles. The van der Waals surface area contributed by atoms with Crippen molar-refractivity contribution >= 4 is 5.91 Å². The predicted molar refractivity (Wildman–Crippen MR) is 202 cm³/mol. The first kappa shape index (κ1) is 42.8. The predicted octanol–water partition coefficient (Wildman–Crippen LogP) is 10.7. The third kappa shape index (κ3) is 32.2. The number of carbonyl (C=O) groups excluding carboxylic acids is 1. The van der Waals surface area contributed by atoms with E-state index in [9.17, 15) is 15.0 Å². The smallest absolute Gasteiger partial charge is 0.220 e. The molecule has 46 heavy (non-hydrogen) atoms. The summed E-state index contributed by atoms with van der Waals surface area (Å²) in [6.45, 7) is 3.95. The molecule has 0 radical (unpaired) electrons. The number of aliphatic hydroxyl groups excluding tert-OH is 2. The first-order valence-corrected chi connectivity index (χ1v) is 17.7. The second-order valence-corrected chi connectivity index (χ2v) is 11.2. The van der Waals surface area contributed by atoms with Crippen molar-refractivity contribution in [1.29, 1.82) is 0 Å². The molecule has 0 spiro atoms. The fourth-order valence-electron chi connectivity index (χ4n) is 4.23. The van der Waals surface area contributed by atoms with Crippen LogP contribution in [0.4, 0.5) is 0 Å². The normalized spacial score (nSPS) is 14.6. The standard InChI is InChI=1S/C42H65NO3/c1-3-5-7-8-9-10-11-12-13-14-15-16-17-18-19-20-21-22-23-24-25-26-27-28-29-30-31-32-33-34-36-38-42(46)43-40(39-44)41(45)37-35-6-4-2/h5,7,9-10,12-13,15-16,18-19,21-22,24-25,27-28,30-31,35,37,40-41,44-45H,3-4,6,8,11,14,17,20,23,26,29,32-34,36,38-39H2,1-2H3,(H,43,46)/b7-5-,10-9-,13-12-,16-15-,19-18-,22-21-,25-24-,28-27-,31-30-,37-35+. The van der Waals surface area contributed by atoms with Crippen molar-refractivity contribution in [3.05, 3.63) is 122 Å². The van der Waals surface area contributed by atoms with Crippen molar-refractivity contribution in [2.24, 2.45) is 0 Å². The summed E-state index contributed by atoms with van der Waals surface area (Å²) >= 11 is 0. The summed E-state index contributed by atoms with van der Waals surface area (Å²) in [4.78, 5) is 12.1. The highest BCUT2D eigenvalue weighted by atomic mass is 16.3. The average molecular weight is 632 g/mol. The molecule has 256 valence electrons. The van der Waals surface area contributed by atoms with Gasteiger partial charge in [-0.05, 0) is 83.5 Å². The van der Waals surface area contributed by atoms with E-state index in [4.69, 9.17) is 0 Å². The number of allylic oxidation sites excluding steroid dienone is 19. The quantitative estimate of drug-likeness (QED) is 0.0568. The molecule has 0 aliphatic rings. The summed E-state index contributed by atoms with van der Waals surface area (Å²) in [7, 11) is 0. The van der Waals surface area contributed by atoms with E-state index in [1.165, 1.54) is 0 Å². The highest BCUT2D eigenvalue weighted by Gasteiger charge is 2.17. The molecule has 4 heteroatoms. The lowest BCUT2D eigenvalue weighted by Crippen LogP contribution is -2.45. The second-order valence-electron chi connectivity index (χ2n) is 11.2. The van der Waals surface area contributed by atoms with Gasteiger partial charge in [0.05, 0.1) is 18.8 Å². The van der Waals surface area contributed by atoms with Crippen LogP contribution < -0.4 is 5.32 Å². The van der Waals surface area contributed by atoms with Crippen LogP contribution in [-0.2, 0) is 4.79 Å². The molecule has 1 amide bonds. The number of unbranched alkanes of at least 4 members (excludes halogenated alkanes) is 4. The molecule has 4 nitrogen and oxygen atoms in total. The van der Waals surface area contributed by atoms with Crippen LogP contribution in [0.15, 0.2) is 122 Å². The van der Waals surface area contributed by atoms with Gasteiger partial charge >= 0.3 is 0 Å². The van der Waals surface area contributed by atoms with E-state index >= 15 is 0 Å². The van der Waals surface area contributed by atoms with E-state index in [-0.39, 0.29) is 12.5 Å². The summed E-state index contributed by atoms with van der Waals surface area (Å²) in [5.74, 6) is -0.117. The number of aliphatic hydroxyl groups is 2. The van der Waals surface area contributed by atoms with Gasteiger partial charge in [0.2, 0.25) is 5.91 Å². The van der Waals surface area contributed by atoms with E-state index in [2.05, 4.69) is 129 Å². The number of rotatable bonds is 29. The number of nitrogens with one attached hydrogen (secondary N) is 1. The summed E-state index contributed by atoms with van der Waals surface area (Å²) in [6.07, 6.45) is 57.8. The van der Waals surface area contributed by atoms with Crippen molar-refractivity contribution in [3.8, 4) is 0 Å². The van der Waals surface area contributed by atoms with E-state index in [1.807, 2.05) is 6.08 Å². The van der Waals surface area contributed by atoms with Crippen LogP contribution in [0.5, 0.6) is 0 Å². The minimum atomic E-state index is -0.857. The van der Waals surface area contributed by atoms with Crippen molar-refractivity contribution < 1.29 is 15.0 Å². The second kappa shape index (κ2) is 36.3. The van der Waals surface area contributed by atoms with Gasteiger partial charge in [0.25, 0.3) is 0 Å². The molecule has 0 bridgehead atoms. The summed E-state index contributed by atoms with van der Waals surface area (Å²) in [5.41, 5.74) is 0. The third-order valence-electron chi connectivity index (χ3n) is 6.93. The molecule has 0 aromatic rings. The van der Waals surface area contributed by atoms with Crippen LogP contribution in [0, 0.1) is 0 Å². The fourth-order valence-corrected chi connectivity index (χ4v) is 4.23. The number of carbonyl (C=O) groups is 1. The van der Waals surface area contributed by atoms with Gasteiger partial charge in [-0.3, -0.25) is 4.79 Å². The number of amides is 1. The molecule has 2 atom stereocenters. The lowest BCUT2D eigenvalue weighted by Gasteiger charge is -2.19. The van der Waals surface area contributed by atoms with Gasteiger partial charge in [0.1, 0.15) is 0 Å². The summed E-state index contributed by atoms with van der Waals surface area (Å²) in [6, 6.07) is -0.644. The van der Waals surface area contributed by atoms with Crippen molar-refractivity contribution in [1.82, 2.24) is 5.32 Å². The van der Waals surface area contributed by atoms with Crippen LogP contribution in [0.3, 0.4) is 0 Å². The minimum absolute atomic E-state index is 0.117. The topological polar surface area (TPSA) is 69.6 Å². The lowest BCUT2D eigenvalue weighted by atomic mass is 10.1. The van der Waals surface area contributed by atoms with Crippen LogP contribution in [0.2, 0.25) is 0 Å². The maximum Gasteiger partial charge on any atom is 0.220 e. The van der Waals surface area contributed by atoms with Gasteiger partial charge in [-0.2, -0.15) is 0 Å². The highest BCUT2D eigenvalue weighted by molar-refractivity contribution is 5.76. The first-order chi connectivity index (χ1) is 22.7. The molecule has 0 aliphatic carbocycles. The van der Waals surface area contributed by atoms with E-state index in [1.54, 1.807) is 6.08 Å². The van der Waals surface area contributed by atoms with Gasteiger partial charge in [-0.1, -0.05) is 148 Å². The molecule has 0 aliphatic heterocycles. The Morgan fingerprint density at radius 2 is 0.957 bits per heavy atom. The Morgan fingerprint density at radius 3 is 1.35 bits per heavy atom. The van der Waals surface area contributed by atoms with Crippen LogP contribution >= 0.6 is 0 Å². The fraction of sp³-hybridized carbons (Fsp3) is 0.500. The van der Waals surface area contributed by atoms with E-state index < -0.39 is 12.1 Å². The SMILES string of the molecule is CC/C=C\C/C=C\C/C=C\C/C=C\C/C=C\C/C=C\C/C=C\C/C=C\C/C=C\CCCCCC(=O)NC(CO)C(O)/C=C/CCC. The van der Waals surface area contributed by atoms with Crippen molar-refractivity contribution in [3.63, 3.8) is 0 Å². The zero-order valence-electron chi connectivity index (χ0n) is 29.0.